The van der Waals surface area contributed by atoms with Gasteiger partial charge in [0.2, 0.25) is 0 Å². The van der Waals surface area contributed by atoms with Crippen molar-refractivity contribution in [2.45, 2.75) is 32.4 Å². The van der Waals surface area contributed by atoms with Gasteiger partial charge in [0.1, 0.15) is 6.33 Å². The first-order valence-electron chi connectivity index (χ1n) is 5.87. The molecule has 1 saturated carbocycles. The Labute approximate surface area is 99.9 Å². The summed E-state index contributed by atoms with van der Waals surface area (Å²) in [6, 6.07) is 0.683. The van der Waals surface area contributed by atoms with Gasteiger partial charge < -0.3 is 5.32 Å². The smallest absolute Gasteiger partial charge is 0.161 e. The molecule has 0 aromatic carbocycles. The fraction of sp³-hybridized carbons (Fsp3) is 0.417. The minimum Gasteiger partial charge on any atom is -0.310 e. The third-order valence-corrected chi connectivity index (χ3v) is 2.85. The second-order valence-corrected chi connectivity index (χ2v) is 4.49. The molecule has 0 atom stereocenters. The van der Waals surface area contributed by atoms with E-state index in [9.17, 15) is 0 Å². The van der Waals surface area contributed by atoms with Gasteiger partial charge in [-0.2, -0.15) is 5.10 Å². The molecule has 1 fully saturated rings. The van der Waals surface area contributed by atoms with Crippen LogP contribution in [-0.4, -0.2) is 25.8 Å². The molecule has 3 rings (SSSR count). The van der Waals surface area contributed by atoms with E-state index in [4.69, 9.17) is 0 Å². The molecule has 0 radical (unpaired) electrons. The average molecular weight is 229 g/mol. The SMILES string of the molecule is Cc1cnn(-c2ncncc2CNC2CC2)c1. The average Bonchev–Trinajstić information content (AvgIpc) is 3.08. The van der Waals surface area contributed by atoms with E-state index in [1.54, 1.807) is 11.0 Å². The third kappa shape index (κ3) is 2.34. The Bertz CT molecular complexity index is 515. The minimum absolute atomic E-state index is 0.683. The van der Waals surface area contributed by atoms with Gasteiger partial charge in [0.25, 0.3) is 0 Å². The molecule has 1 aliphatic carbocycles. The summed E-state index contributed by atoms with van der Waals surface area (Å²) in [4.78, 5) is 8.39. The van der Waals surface area contributed by atoms with Gasteiger partial charge in [-0.3, -0.25) is 0 Å². The Morgan fingerprint density at radius 3 is 3.00 bits per heavy atom. The normalized spacial score (nSPS) is 15.1. The first-order valence-corrected chi connectivity index (χ1v) is 5.87. The lowest BCUT2D eigenvalue weighted by molar-refractivity contribution is 0.673. The maximum atomic E-state index is 4.31. The van der Waals surface area contributed by atoms with Crippen molar-refractivity contribution in [3.05, 3.63) is 36.0 Å². The maximum Gasteiger partial charge on any atom is 0.161 e. The first kappa shape index (κ1) is 10.4. The van der Waals surface area contributed by atoms with E-state index in [-0.39, 0.29) is 0 Å². The second kappa shape index (κ2) is 4.25. The lowest BCUT2D eigenvalue weighted by atomic mass is 10.3. The second-order valence-electron chi connectivity index (χ2n) is 4.49. The van der Waals surface area contributed by atoms with Crippen LogP contribution in [0.25, 0.3) is 5.82 Å². The Balaban J connectivity index is 1.86. The zero-order valence-electron chi connectivity index (χ0n) is 9.80. The predicted molar refractivity (Wildman–Crippen MR) is 63.8 cm³/mol. The van der Waals surface area contributed by atoms with Crippen LogP contribution < -0.4 is 5.32 Å². The van der Waals surface area contributed by atoms with Crippen molar-refractivity contribution in [3.8, 4) is 5.82 Å². The highest BCUT2D eigenvalue weighted by molar-refractivity contribution is 5.31. The molecule has 2 aromatic heterocycles. The molecule has 0 spiro atoms. The summed E-state index contributed by atoms with van der Waals surface area (Å²) in [5.74, 6) is 0.862. The number of hydrogen-bond acceptors (Lipinski definition) is 4. The third-order valence-electron chi connectivity index (χ3n) is 2.85. The first-order chi connectivity index (χ1) is 8.33. The quantitative estimate of drug-likeness (QED) is 0.856. The monoisotopic (exact) mass is 229 g/mol. The molecule has 1 N–H and O–H groups in total. The van der Waals surface area contributed by atoms with Crippen molar-refractivity contribution in [1.82, 2.24) is 25.1 Å². The van der Waals surface area contributed by atoms with Crippen molar-refractivity contribution in [3.63, 3.8) is 0 Å². The van der Waals surface area contributed by atoms with E-state index in [0.717, 1.165) is 23.5 Å². The molecule has 5 heteroatoms. The Morgan fingerprint density at radius 2 is 2.29 bits per heavy atom. The molecule has 17 heavy (non-hydrogen) atoms. The van der Waals surface area contributed by atoms with E-state index in [2.05, 4.69) is 20.4 Å². The molecular formula is C12H15N5. The van der Waals surface area contributed by atoms with Crippen LogP contribution in [-0.2, 0) is 6.54 Å². The standard InChI is InChI=1S/C12H15N5/c1-9-4-16-17(7-9)12-10(5-13-8-15-12)6-14-11-2-3-11/h4-5,7-8,11,14H,2-3,6H2,1H3. The summed E-state index contributed by atoms with van der Waals surface area (Å²) in [5, 5.41) is 7.76. The van der Waals surface area contributed by atoms with Crippen molar-refractivity contribution in [1.29, 1.82) is 0 Å². The van der Waals surface area contributed by atoms with Crippen molar-refractivity contribution >= 4 is 0 Å². The van der Waals surface area contributed by atoms with Crippen LogP contribution in [0.1, 0.15) is 24.0 Å². The molecule has 0 aliphatic heterocycles. The molecule has 2 heterocycles. The summed E-state index contributed by atoms with van der Waals surface area (Å²) in [6.45, 7) is 2.83. The van der Waals surface area contributed by atoms with E-state index in [1.807, 2.05) is 25.5 Å². The van der Waals surface area contributed by atoms with Crippen molar-refractivity contribution in [2.24, 2.45) is 0 Å². The number of hydrogen-bond donors (Lipinski definition) is 1. The van der Waals surface area contributed by atoms with Gasteiger partial charge >= 0.3 is 0 Å². The molecule has 2 aromatic rings. The number of nitrogens with zero attached hydrogens (tertiary/aromatic N) is 4. The Kier molecular flexibility index (Phi) is 2.60. The molecular weight excluding hydrogens is 214 g/mol. The Morgan fingerprint density at radius 1 is 1.41 bits per heavy atom. The number of nitrogens with one attached hydrogen (secondary N) is 1. The van der Waals surface area contributed by atoms with Crippen LogP contribution >= 0.6 is 0 Å². The highest BCUT2D eigenvalue weighted by atomic mass is 15.3. The minimum atomic E-state index is 0.683. The zero-order chi connectivity index (χ0) is 11.7. The number of rotatable bonds is 4. The van der Waals surface area contributed by atoms with Gasteiger partial charge in [-0.15, -0.1) is 0 Å². The van der Waals surface area contributed by atoms with Crippen molar-refractivity contribution < 1.29 is 0 Å². The van der Waals surface area contributed by atoms with Gasteiger partial charge in [0.15, 0.2) is 5.82 Å². The maximum absolute atomic E-state index is 4.31. The summed E-state index contributed by atoms with van der Waals surface area (Å²) in [5.41, 5.74) is 2.22. The summed E-state index contributed by atoms with van der Waals surface area (Å²) >= 11 is 0. The van der Waals surface area contributed by atoms with E-state index in [1.165, 1.54) is 12.8 Å². The molecule has 5 nitrogen and oxygen atoms in total. The van der Waals surface area contributed by atoms with Crippen LogP contribution in [0.3, 0.4) is 0 Å². The Hall–Kier alpha value is -1.75. The van der Waals surface area contributed by atoms with E-state index >= 15 is 0 Å². The highest BCUT2D eigenvalue weighted by Gasteiger charge is 2.20. The van der Waals surface area contributed by atoms with Crippen LogP contribution in [0.2, 0.25) is 0 Å². The topological polar surface area (TPSA) is 55.6 Å². The highest BCUT2D eigenvalue weighted by Crippen LogP contribution is 2.20. The van der Waals surface area contributed by atoms with Crippen LogP contribution in [0, 0.1) is 6.92 Å². The van der Waals surface area contributed by atoms with Crippen molar-refractivity contribution in [2.75, 3.05) is 0 Å². The molecule has 0 unspecified atom stereocenters. The van der Waals surface area contributed by atoms with Gasteiger partial charge in [-0.1, -0.05) is 0 Å². The molecule has 0 amide bonds. The van der Waals surface area contributed by atoms with Gasteiger partial charge in [0.05, 0.1) is 6.20 Å². The van der Waals surface area contributed by atoms with Gasteiger partial charge in [-0.25, -0.2) is 14.6 Å². The number of aromatic nitrogens is 4. The number of aryl methyl sites for hydroxylation is 1. The van der Waals surface area contributed by atoms with E-state index < -0.39 is 0 Å². The summed E-state index contributed by atoms with van der Waals surface area (Å²) < 4.78 is 1.81. The molecule has 1 aliphatic rings. The summed E-state index contributed by atoms with van der Waals surface area (Å²) in [6.07, 6.45) is 9.79. The van der Waals surface area contributed by atoms with Crippen LogP contribution in [0.4, 0.5) is 0 Å². The van der Waals surface area contributed by atoms with Crippen LogP contribution in [0.5, 0.6) is 0 Å². The largest absolute Gasteiger partial charge is 0.310 e. The summed E-state index contributed by atoms with van der Waals surface area (Å²) in [7, 11) is 0. The molecule has 88 valence electrons. The predicted octanol–water partition coefficient (Wildman–Crippen LogP) is 1.22. The van der Waals surface area contributed by atoms with Crippen LogP contribution in [0.15, 0.2) is 24.9 Å². The lowest BCUT2D eigenvalue weighted by Gasteiger charge is -2.08. The fourth-order valence-electron chi connectivity index (χ4n) is 1.75. The van der Waals surface area contributed by atoms with Gasteiger partial charge in [0, 0.05) is 30.5 Å². The zero-order valence-corrected chi connectivity index (χ0v) is 9.80. The van der Waals surface area contributed by atoms with Gasteiger partial charge in [-0.05, 0) is 25.3 Å². The molecule has 0 bridgehead atoms. The lowest BCUT2D eigenvalue weighted by Crippen LogP contribution is -2.17. The fourth-order valence-corrected chi connectivity index (χ4v) is 1.75. The van der Waals surface area contributed by atoms with E-state index in [0.29, 0.717) is 6.04 Å². The molecule has 0 saturated heterocycles.